The van der Waals surface area contributed by atoms with Gasteiger partial charge in [-0.2, -0.15) is 0 Å². The zero-order valence-corrected chi connectivity index (χ0v) is 39.9. The van der Waals surface area contributed by atoms with Gasteiger partial charge in [0, 0.05) is 54.1 Å². The Labute approximate surface area is 402 Å². The molecule has 6 aromatic heterocycles. The van der Waals surface area contributed by atoms with Gasteiger partial charge in [0.2, 0.25) is 0 Å². The molecule has 0 aliphatic carbocycles. The summed E-state index contributed by atoms with van der Waals surface area (Å²) in [5, 5.41) is 19.1. The number of nitrogens with zero attached hydrogens (tertiary/aromatic N) is 12. The minimum Gasteiger partial charge on any atom is -0.359 e. The lowest BCUT2D eigenvalue weighted by Gasteiger charge is -2.08. The summed E-state index contributed by atoms with van der Waals surface area (Å²) < 4.78 is 53.7. The van der Waals surface area contributed by atoms with Crippen molar-refractivity contribution < 1.29 is 22.6 Å². The van der Waals surface area contributed by atoms with Crippen molar-refractivity contribution in [2.45, 2.75) is 42.6 Å². The Bertz CT molecular complexity index is 3010. The molecule has 0 spiro atoms. The molecule has 1 N–H and O–H groups in total. The Morgan fingerprint density at radius 2 is 1.03 bits per heavy atom. The van der Waals surface area contributed by atoms with Crippen molar-refractivity contribution in [3.05, 3.63) is 139 Å². The summed E-state index contributed by atoms with van der Waals surface area (Å²) in [7, 11) is 0. The van der Waals surface area contributed by atoms with Gasteiger partial charge in [0.1, 0.15) is 53.7 Å². The first kappa shape index (κ1) is 49.1. The minimum absolute atomic E-state index is 0.247. The highest BCUT2D eigenvalue weighted by Crippen LogP contribution is 2.33. The van der Waals surface area contributed by atoms with Gasteiger partial charge in [0.05, 0.1) is 34.1 Å². The lowest BCUT2D eigenvalue weighted by Crippen LogP contribution is -2.07. The third-order valence-corrected chi connectivity index (χ3v) is 11.4. The quantitative estimate of drug-likeness (QED) is 0.0759. The fourth-order valence-corrected chi connectivity index (χ4v) is 7.57. The van der Waals surface area contributed by atoms with Gasteiger partial charge in [0.15, 0.2) is 10.3 Å². The summed E-state index contributed by atoms with van der Waals surface area (Å²) in [4.78, 5) is 29.1. The van der Waals surface area contributed by atoms with Crippen molar-refractivity contribution in [3.8, 4) is 67.8 Å². The van der Waals surface area contributed by atoms with E-state index in [0.29, 0.717) is 52.0 Å². The number of nitrogens with one attached hydrogen (secondary N) is 1. The van der Waals surface area contributed by atoms with Gasteiger partial charge < -0.3 is 14.5 Å². The van der Waals surface area contributed by atoms with Crippen molar-refractivity contribution >= 4 is 35.3 Å². The van der Waals surface area contributed by atoms with Crippen molar-refractivity contribution in [1.29, 1.82) is 0 Å². The number of benzene rings is 3. The first-order valence-electron chi connectivity index (χ1n) is 20.8. The highest BCUT2D eigenvalue weighted by Gasteiger charge is 2.20. The summed E-state index contributed by atoms with van der Waals surface area (Å²) in [6.07, 6.45) is 12.6. The summed E-state index contributed by atoms with van der Waals surface area (Å²) in [5.74, 6) is -0.840. The third kappa shape index (κ3) is 12.4. The molecule has 348 valence electrons. The number of imidazole rings is 1. The van der Waals surface area contributed by atoms with Crippen molar-refractivity contribution in [3.63, 3.8) is 0 Å². The van der Waals surface area contributed by atoms with Crippen LogP contribution < -0.4 is 0 Å². The van der Waals surface area contributed by atoms with Crippen LogP contribution in [0.5, 0.6) is 0 Å². The Morgan fingerprint density at radius 3 is 1.60 bits per heavy atom. The molecule has 9 aromatic rings. The summed E-state index contributed by atoms with van der Waals surface area (Å²) >= 11 is 4.49. The van der Waals surface area contributed by atoms with Crippen LogP contribution in [-0.2, 0) is 22.9 Å². The van der Waals surface area contributed by atoms with Crippen LogP contribution in [0.1, 0.15) is 13.8 Å². The number of rotatable bonds is 15. The van der Waals surface area contributed by atoms with Crippen LogP contribution in [0.3, 0.4) is 0 Å². The van der Waals surface area contributed by atoms with E-state index in [9.17, 15) is 13.2 Å². The topological polar surface area (TPSA) is 173 Å². The highest BCUT2D eigenvalue weighted by molar-refractivity contribution is 7.98. The average Bonchev–Trinajstić information content (AvgIpc) is 4.16. The van der Waals surface area contributed by atoms with Crippen molar-refractivity contribution in [1.82, 2.24) is 64.9 Å². The molecule has 3 aromatic carbocycles. The predicted molar refractivity (Wildman–Crippen MR) is 259 cm³/mol. The molecule has 68 heavy (non-hydrogen) atoms. The summed E-state index contributed by atoms with van der Waals surface area (Å²) in [5.41, 5.74) is 9.21. The van der Waals surface area contributed by atoms with Gasteiger partial charge in [-0.15, -0.1) is 22.0 Å². The fraction of sp³-hybridized carbons (Fsp3) is 0.191. The smallest absolute Gasteiger partial charge is 0.187 e. The maximum Gasteiger partial charge on any atom is 0.187 e. The van der Waals surface area contributed by atoms with Gasteiger partial charge in [-0.25, -0.2) is 52.4 Å². The number of aromatic amines is 1. The molecular weight excluding hydrogens is 932 g/mol. The number of H-pyrrole nitrogens is 1. The molecule has 0 saturated heterocycles. The number of hydrogen-bond acceptors (Lipinski definition) is 15. The molecule has 6 heterocycles. The molecule has 0 fully saturated rings. The molecule has 15 nitrogen and oxygen atoms in total. The molecule has 21 heteroatoms. The van der Waals surface area contributed by atoms with E-state index >= 15 is 0 Å². The molecule has 9 rings (SSSR count). The average molecular weight is 976 g/mol. The van der Waals surface area contributed by atoms with Crippen LogP contribution in [0.25, 0.3) is 67.8 Å². The number of hydrogen-bond donors (Lipinski definition) is 1. The molecule has 0 aliphatic rings. The van der Waals surface area contributed by atoms with E-state index in [4.69, 9.17) is 9.47 Å². The van der Waals surface area contributed by atoms with Crippen LogP contribution >= 0.6 is 35.3 Å². The molecule has 0 radical (unpaired) electrons. The third-order valence-electron chi connectivity index (χ3n) is 9.65. The van der Waals surface area contributed by atoms with E-state index in [1.165, 1.54) is 59.9 Å². The van der Waals surface area contributed by atoms with Gasteiger partial charge in [-0.05, 0) is 130 Å². The first-order valence-corrected chi connectivity index (χ1v) is 24.5. The second kappa shape index (κ2) is 24.3. The predicted octanol–water partition coefficient (Wildman–Crippen LogP) is 10.5. The van der Waals surface area contributed by atoms with Gasteiger partial charge >= 0.3 is 0 Å². The Balaban J connectivity index is 0.000000152. The number of pyridine rings is 1. The number of aromatic nitrogens is 13. The zero-order valence-electron chi connectivity index (χ0n) is 37.4. The van der Waals surface area contributed by atoms with Crippen LogP contribution in [0, 0.1) is 17.5 Å². The maximum atomic E-state index is 13.3. The van der Waals surface area contributed by atoms with E-state index in [1.807, 2.05) is 44.7 Å². The SMILES string of the molecule is CCOCn1nnc(-c2ccc(F)cc2)c1-c1ccnc(SC)n1.CCOCn1nnc(-c2ccnc(SC)n2)c1-c1ccc(F)cc1.CSc1cc(-c2nc[nH]c2-c2ccc(F)cc2)ccn1. The van der Waals surface area contributed by atoms with Gasteiger partial charge in [-0.3, -0.25) is 0 Å². The molecule has 0 amide bonds. The standard InChI is InChI=1S/2C16H16FN5OS.C15H12FN3S/c1-3-23-10-22-15(11-4-6-12(17)7-5-11)14(20-21-22)13-8-9-18-16(19-13)24-2;1-3-23-10-22-15(13-8-9-18-16(19-13)24-2)14(20-21-22)11-4-6-12(17)7-5-11;1-20-13-8-11(6-7-17-13)15-14(18-9-19-15)10-2-4-12(16)5-3-10/h2*4-9H,3,10H2,1-2H3;2-9H,1H3,(H,18,19). The highest BCUT2D eigenvalue weighted by atomic mass is 32.2. The molecular formula is C47H44F3N13O2S3. The Hall–Kier alpha value is -6.78. The minimum atomic E-state index is -0.297. The zero-order chi connectivity index (χ0) is 47.8. The van der Waals surface area contributed by atoms with Crippen molar-refractivity contribution in [2.75, 3.05) is 32.0 Å². The van der Waals surface area contributed by atoms with E-state index in [0.717, 1.165) is 44.4 Å². The van der Waals surface area contributed by atoms with Crippen LogP contribution in [0.4, 0.5) is 13.2 Å². The normalized spacial score (nSPS) is 10.9. The van der Waals surface area contributed by atoms with Crippen molar-refractivity contribution in [2.24, 2.45) is 0 Å². The number of halogens is 3. The van der Waals surface area contributed by atoms with E-state index < -0.39 is 0 Å². The van der Waals surface area contributed by atoms with Gasteiger partial charge in [0.25, 0.3) is 0 Å². The monoisotopic (exact) mass is 975 g/mol. The van der Waals surface area contributed by atoms with Crippen LogP contribution in [0.2, 0.25) is 0 Å². The fourth-order valence-electron chi connectivity index (χ4n) is 6.44. The van der Waals surface area contributed by atoms with E-state index in [-0.39, 0.29) is 30.9 Å². The van der Waals surface area contributed by atoms with Crippen LogP contribution in [-0.4, -0.2) is 96.9 Å². The largest absolute Gasteiger partial charge is 0.359 e. The number of thioether (sulfide) groups is 3. The summed E-state index contributed by atoms with van der Waals surface area (Å²) in [6, 6.07) is 26.2. The molecule has 0 saturated carbocycles. The summed E-state index contributed by atoms with van der Waals surface area (Å²) in [6.45, 7) is 5.46. The van der Waals surface area contributed by atoms with Gasteiger partial charge in [-0.1, -0.05) is 34.0 Å². The first-order chi connectivity index (χ1) is 33.2. The molecule has 0 atom stereocenters. The molecule has 0 unspecified atom stereocenters. The maximum absolute atomic E-state index is 13.3. The lowest BCUT2D eigenvalue weighted by atomic mass is 10.1. The van der Waals surface area contributed by atoms with Crippen LogP contribution in [0.15, 0.2) is 137 Å². The van der Waals surface area contributed by atoms with E-state index in [2.05, 4.69) is 55.5 Å². The van der Waals surface area contributed by atoms with E-state index in [1.54, 1.807) is 94.6 Å². The molecule has 0 bridgehead atoms. The molecule has 0 aliphatic heterocycles. The second-order valence-electron chi connectivity index (χ2n) is 13.9. The number of ether oxygens (including phenoxy) is 2. The Morgan fingerprint density at radius 1 is 0.515 bits per heavy atom. The Kier molecular flexibility index (Phi) is 17.6. The lowest BCUT2D eigenvalue weighted by molar-refractivity contribution is 0.0789. The second-order valence-corrected chi connectivity index (χ2v) is 16.3.